The molecule has 0 aromatic heterocycles. The van der Waals surface area contributed by atoms with Crippen molar-refractivity contribution in [2.75, 3.05) is 16.9 Å². The maximum atomic E-state index is 13.4. The molecule has 0 aliphatic carbocycles. The second-order valence-electron chi connectivity index (χ2n) is 4.28. The van der Waals surface area contributed by atoms with Crippen molar-refractivity contribution < 1.29 is 4.39 Å². The highest BCUT2D eigenvalue weighted by Crippen LogP contribution is 2.19. The van der Waals surface area contributed by atoms with Crippen molar-refractivity contribution in [3.05, 3.63) is 53.8 Å². The fourth-order valence-electron chi connectivity index (χ4n) is 1.66. The molecule has 0 aliphatic heterocycles. The summed E-state index contributed by atoms with van der Waals surface area (Å²) >= 11 is 6.89. The molecular weight excluding hydrogens is 291 g/mol. The van der Waals surface area contributed by atoms with Crippen LogP contribution in [-0.4, -0.2) is 11.4 Å². The topological polar surface area (TPSA) is 24.1 Å². The van der Waals surface area contributed by atoms with E-state index < -0.39 is 0 Å². The first-order valence-electron chi connectivity index (χ1n) is 6.06. The third-order valence-electron chi connectivity index (χ3n) is 2.76. The van der Waals surface area contributed by atoms with Crippen LogP contribution in [0.4, 0.5) is 15.8 Å². The summed E-state index contributed by atoms with van der Waals surface area (Å²) in [4.78, 5) is 1.15. The van der Waals surface area contributed by atoms with E-state index in [0.717, 1.165) is 10.6 Å². The van der Waals surface area contributed by atoms with Crippen molar-refractivity contribution in [1.29, 1.82) is 0 Å². The second kappa shape index (κ2) is 6.72. The van der Waals surface area contributed by atoms with Crippen molar-refractivity contribution >= 4 is 40.5 Å². The number of thioether (sulfide) groups is 1. The van der Waals surface area contributed by atoms with Gasteiger partial charge in [-0.05, 0) is 61.3 Å². The SMILES string of the molecule is CSc1cccc(NC(=S)Nc2ccc(C)c(F)c2)c1. The van der Waals surface area contributed by atoms with Gasteiger partial charge in [-0.15, -0.1) is 11.8 Å². The van der Waals surface area contributed by atoms with Crippen LogP contribution in [0.15, 0.2) is 47.4 Å². The van der Waals surface area contributed by atoms with Gasteiger partial charge in [0.05, 0.1) is 0 Å². The van der Waals surface area contributed by atoms with Crippen LogP contribution in [-0.2, 0) is 0 Å². The molecule has 104 valence electrons. The molecule has 0 spiro atoms. The van der Waals surface area contributed by atoms with E-state index in [4.69, 9.17) is 12.2 Å². The van der Waals surface area contributed by atoms with Crippen LogP contribution in [0.5, 0.6) is 0 Å². The Labute approximate surface area is 127 Å². The summed E-state index contributed by atoms with van der Waals surface area (Å²) in [5.74, 6) is -0.248. The first kappa shape index (κ1) is 14.8. The molecule has 0 fully saturated rings. The van der Waals surface area contributed by atoms with Crippen molar-refractivity contribution in [1.82, 2.24) is 0 Å². The Morgan fingerprint density at radius 2 is 1.80 bits per heavy atom. The van der Waals surface area contributed by atoms with Gasteiger partial charge >= 0.3 is 0 Å². The second-order valence-corrected chi connectivity index (χ2v) is 5.56. The lowest BCUT2D eigenvalue weighted by molar-refractivity contribution is 0.619. The molecule has 2 nitrogen and oxygen atoms in total. The molecule has 0 saturated heterocycles. The summed E-state index contributed by atoms with van der Waals surface area (Å²) in [6.45, 7) is 1.73. The van der Waals surface area contributed by atoms with E-state index >= 15 is 0 Å². The molecule has 2 N–H and O–H groups in total. The molecule has 5 heteroatoms. The van der Waals surface area contributed by atoms with Gasteiger partial charge in [0, 0.05) is 16.3 Å². The minimum Gasteiger partial charge on any atom is -0.332 e. The predicted molar refractivity (Wildman–Crippen MR) is 89.2 cm³/mol. The van der Waals surface area contributed by atoms with Crippen LogP contribution in [0, 0.1) is 12.7 Å². The van der Waals surface area contributed by atoms with E-state index in [1.807, 2.05) is 30.5 Å². The Morgan fingerprint density at radius 3 is 2.45 bits per heavy atom. The van der Waals surface area contributed by atoms with Crippen LogP contribution < -0.4 is 10.6 Å². The summed E-state index contributed by atoms with van der Waals surface area (Å²) in [5.41, 5.74) is 2.15. The predicted octanol–water partition coefficient (Wildman–Crippen LogP) is 4.66. The first-order chi connectivity index (χ1) is 9.58. The van der Waals surface area contributed by atoms with Crippen molar-refractivity contribution in [3.8, 4) is 0 Å². The largest absolute Gasteiger partial charge is 0.332 e. The molecule has 0 radical (unpaired) electrons. The molecular formula is C15H15FN2S2. The zero-order valence-electron chi connectivity index (χ0n) is 11.2. The van der Waals surface area contributed by atoms with Gasteiger partial charge in [-0.2, -0.15) is 0 Å². The molecule has 20 heavy (non-hydrogen) atoms. The number of halogens is 1. The van der Waals surface area contributed by atoms with E-state index in [-0.39, 0.29) is 5.82 Å². The molecule has 0 saturated carbocycles. The third kappa shape index (κ3) is 3.95. The highest BCUT2D eigenvalue weighted by molar-refractivity contribution is 7.98. The Kier molecular flexibility index (Phi) is 4.98. The monoisotopic (exact) mass is 306 g/mol. The lowest BCUT2D eigenvalue weighted by Gasteiger charge is -2.11. The lowest BCUT2D eigenvalue weighted by Crippen LogP contribution is -2.19. The Morgan fingerprint density at radius 1 is 1.10 bits per heavy atom. The number of thiocarbonyl (C=S) groups is 1. The van der Waals surface area contributed by atoms with Gasteiger partial charge < -0.3 is 10.6 Å². The summed E-state index contributed by atoms with van der Waals surface area (Å²) in [5, 5.41) is 6.49. The minimum atomic E-state index is -0.248. The van der Waals surface area contributed by atoms with Gasteiger partial charge in [0.15, 0.2) is 5.11 Å². The van der Waals surface area contributed by atoms with Gasteiger partial charge in [-0.3, -0.25) is 0 Å². The van der Waals surface area contributed by atoms with Gasteiger partial charge in [-0.1, -0.05) is 12.1 Å². The van der Waals surface area contributed by atoms with Crippen LogP contribution in [0.2, 0.25) is 0 Å². The number of hydrogen-bond donors (Lipinski definition) is 2. The summed E-state index contributed by atoms with van der Waals surface area (Å²) in [6, 6.07) is 12.9. The number of nitrogens with one attached hydrogen (secondary N) is 2. The quantitative estimate of drug-likeness (QED) is 0.636. The van der Waals surface area contributed by atoms with Crippen molar-refractivity contribution in [2.45, 2.75) is 11.8 Å². The zero-order chi connectivity index (χ0) is 14.5. The van der Waals surface area contributed by atoms with Gasteiger partial charge in [0.25, 0.3) is 0 Å². The zero-order valence-corrected chi connectivity index (χ0v) is 12.9. The normalized spacial score (nSPS) is 10.2. The highest BCUT2D eigenvalue weighted by atomic mass is 32.2. The molecule has 2 aromatic rings. The fourth-order valence-corrected chi connectivity index (χ4v) is 2.36. The fraction of sp³-hybridized carbons (Fsp3) is 0.133. The number of hydrogen-bond acceptors (Lipinski definition) is 2. The molecule has 0 bridgehead atoms. The average molecular weight is 306 g/mol. The number of aryl methyl sites for hydroxylation is 1. The van der Waals surface area contributed by atoms with E-state index in [0.29, 0.717) is 16.4 Å². The van der Waals surface area contributed by atoms with E-state index in [9.17, 15) is 4.39 Å². The Hall–Kier alpha value is -1.59. The molecule has 0 heterocycles. The maximum Gasteiger partial charge on any atom is 0.175 e. The summed E-state index contributed by atoms with van der Waals surface area (Å²) in [7, 11) is 0. The molecule has 0 atom stereocenters. The van der Waals surface area contributed by atoms with Gasteiger partial charge in [0.1, 0.15) is 5.82 Å². The molecule has 0 aliphatic rings. The number of rotatable bonds is 3. The first-order valence-corrected chi connectivity index (χ1v) is 7.70. The molecule has 2 aromatic carbocycles. The van der Waals surface area contributed by atoms with Gasteiger partial charge in [0.2, 0.25) is 0 Å². The van der Waals surface area contributed by atoms with Crippen molar-refractivity contribution in [3.63, 3.8) is 0 Å². The molecule has 0 unspecified atom stereocenters. The minimum absolute atomic E-state index is 0.248. The smallest absolute Gasteiger partial charge is 0.175 e. The molecule has 2 rings (SSSR count). The van der Waals surface area contributed by atoms with Crippen LogP contribution >= 0.6 is 24.0 Å². The number of benzene rings is 2. The summed E-state index contributed by atoms with van der Waals surface area (Å²) in [6.07, 6.45) is 2.02. The van der Waals surface area contributed by atoms with E-state index in [1.54, 1.807) is 30.8 Å². The average Bonchev–Trinajstić information content (AvgIpc) is 2.43. The highest BCUT2D eigenvalue weighted by Gasteiger charge is 2.02. The van der Waals surface area contributed by atoms with E-state index in [1.165, 1.54) is 6.07 Å². The van der Waals surface area contributed by atoms with Crippen LogP contribution in [0.3, 0.4) is 0 Å². The number of anilines is 2. The Balaban J connectivity index is 2.03. The van der Waals surface area contributed by atoms with Gasteiger partial charge in [-0.25, -0.2) is 4.39 Å². The van der Waals surface area contributed by atoms with E-state index in [2.05, 4.69) is 10.6 Å². The summed E-state index contributed by atoms with van der Waals surface area (Å²) < 4.78 is 13.4. The third-order valence-corrected chi connectivity index (χ3v) is 3.69. The van der Waals surface area contributed by atoms with Crippen LogP contribution in [0.1, 0.15) is 5.56 Å². The lowest BCUT2D eigenvalue weighted by atomic mass is 10.2. The maximum absolute atomic E-state index is 13.4. The molecule has 0 amide bonds. The van der Waals surface area contributed by atoms with Crippen LogP contribution in [0.25, 0.3) is 0 Å². The standard InChI is InChI=1S/C15H15FN2S2/c1-10-6-7-12(9-14(10)16)18-15(19)17-11-4-3-5-13(8-11)20-2/h3-9H,1-2H3,(H2,17,18,19). The Bertz CT molecular complexity index is 629. The van der Waals surface area contributed by atoms with Crippen molar-refractivity contribution in [2.24, 2.45) is 0 Å².